The van der Waals surface area contributed by atoms with Crippen molar-refractivity contribution in [2.75, 3.05) is 0 Å². The first-order chi connectivity index (χ1) is 8.42. The van der Waals surface area contributed by atoms with Gasteiger partial charge in [-0.1, -0.05) is 48.6 Å². The van der Waals surface area contributed by atoms with Gasteiger partial charge in [-0.15, -0.1) is 0 Å². The van der Waals surface area contributed by atoms with E-state index in [1.165, 1.54) is 0 Å². The molecule has 0 amide bonds. The van der Waals surface area contributed by atoms with Crippen LogP contribution < -0.4 is 0 Å². The fourth-order valence-corrected chi connectivity index (χ4v) is 2.23. The quantitative estimate of drug-likeness (QED) is 0.766. The molecule has 0 spiro atoms. The van der Waals surface area contributed by atoms with Gasteiger partial charge in [0.05, 0.1) is 0 Å². The van der Waals surface area contributed by atoms with Crippen molar-refractivity contribution in [3.05, 3.63) is 72.2 Å². The molecule has 1 aliphatic carbocycles. The predicted octanol–water partition coefficient (Wildman–Crippen LogP) is 3.63. The molecule has 0 N–H and O–H groups in total. The lowest BCUT2D eigenvalue weighted by Gasteiger charge is -2.30. The van der Waals surface area contributed by atoms with E-state index < -0.39 is 5.79 Å². The molecule has 86 valence electrons. The van der Waals surface area contributed by atoms with E-state index in [9.17, 15) is 0 Å². The van der Waals surface area contributed by atoms with Crippen LogP contribution >= 0.6 is 0 Å². The topological polar surface area (TPSA) is 18.5 Å². The molecule has 0 unspecified atom stereocenters. The average molecular weight is 226 g/mol. The molecule has 0 atom stereocenters. The SMILES string of the molecule is C1=CC(C2(c3ccccc3)OC=CO2)=CCC1. The molecule has 17 heavy (non-hydrogen) atoms. The molecule has 0 saturated carbocycles. The van der Waals surface area contributed by atoms with Crippen LogP contribution in [0.2, 0.25) is 0 Å². The summed E-state index contributed by atoms with van der Waals surface area (Å²) in [6.45, 7) is 0. The first kappa shape index (κ1) is 10.2. The number of rotatable bonds is 2. The third-order valence-corrected chi connectivity index (χ3v) is 3.05. The van der Waals surface area contributed by atoms with Crippen molar-refractivity contribution >= 4 is 0 Å². The average Bonchev–Trinajstić information content (AvgIpc) is 2.91. The van der Waals surface area contributed by atoms with Crippen LogP contribution in [0.25, 0.3) is 0 Å². The van der Waals surface area contributed by atoms with Gasteiger partial charge in [0.2, 0.25) is 0 Å². The fraction of sp³-hybridized carbons (Fsp3) is 0.200. The van der Waals surface area contributed by atoms with E-state index in [4.69, 9.17) is 9.47 Å². The smallest absolute Gasteiger partial charge is 0.303 e. The van der Waals surface area contributed by atoms with Crippen molar-refractivity contribution in [1.29, 1.82) is 0 Å². The Hall–Kier alpha value is -1.96. The van der Waals surface area contributed by atoms with Gasteiger partial charge in [-0.05, 0) is 12.8 Å². The van der Waals surface area contributed by atoms with Crippen molar-refractivity contribution in [2.45, 2.75) is 18.6 Å². The molecule has 0 saturated heterocycles. The summed E-state index contributed by atoms with van der Waals surface area (Å²) < 4.78 is 11.5. The van der Waals surface area contributed by atoms with Gasteiger partial charge >= 0.3 is 5.79 Å². The Labute approximate surface area is 101 Å². The van der Waals surface area contributed by atoms with Crippen molar-refractivity contribution < 1.29 is 9.47 Å². The lowest BCUT2D eigenvalue weighted by molar-refractivity contribution is -0.113. The Morgan fingerprint density at radius 2 is 1.71 bits per heavy atom. The van der Waals surface area contributed by atoms with Crippen LogP contribution in [0.1, 0.15) is 18.4 Å². The van der Waals surface area contributed by atoms with Gasteiger partial charge in [0.15, 0.2) is 0 Å². The van der Waals surface area contributed by atoms with Gasteiger partial charge in [-0.2, -0.15) is 0 Å². The molecule has 1 heterocycles. The Morgan fingerprint density at radius 3 is 2.35 bits per heavy atom. The van der Waals surface area contributed by atoms with Gasteiger partial charge in [0.1, 0.15) is 12.5 Å². The third kappa shape index (κ3) is 1.66. The lowest BCUT2D eigenvalue weighted by Crippen LogP contribution is -2.29. The second-order valence-electron chi connectivity index (χ2n) is 4.13. The summed E-state index contributed by atoms with van der Waals surface area (Å²) in [7, 11) is 0. The number of allylic oxidation sites excluding steroid dienone is 2. The van der Waals surface area contributed by atoms with Crippen molar-refractivity contribution in [3.8, 4) is 0 Å². The largest absolute Gasteiger partial charge is 0.449 e. The monoisotopic (exact) mass is 226 g/mol. The predicted molar refractivity (Wildman–Crippen MR) is 65.9 cm³/mol. The van der Waals surface area contributed by atoms with Crippen LogP contribution in [-0.2, 0) is 15.3 Å². The fourth-order valence-electron chi connectivity index (χ4n) is 2.23. The summed E-state index contributed by atoms with van der Waals surface area (Å²) in [5.41, 5.74) is 2.09. The van der Waals surface area contributed by atoms with Crippen molar-refractivity contribution in [1.82, 2.24) is 0 Å². The van der Waals surface area contributed by atoms with E-state index in [0.717, 1.165) is 24.0 Å². The maximum atomic E-state index is 5.74. The minimum absolute atomic E-state index is 0.780. The maximum Gasteiger partial charge on any atom is 0.303 e. The summed E-state index contributed by atoms with van der Waals surface area (Å²) in [5, 5.41) is 0. The Bertz CT molecular complexity index is 475. The Kier molecular flexibility index (Phi) is 2.48. The first-order valence-corrected chi connectivity index (χ1v) is 5.85. The van der Waals surface area contributed by atoms with E-state index in [1.54, 1.807) is 12.5 Å². The summed E-state index contributed by atoms with van der Waals surface area (Å²) in [5.74, 6) is -0.780. The van der Waals surface area contributed by atoms with Crippen molar-refractivity contribution in [3.63, 3.8) is 0 Å². The molecular formula is C15H14O2. The molecule has 1 aliphatic heterocycles. The molecule has 0 radical (unpaired) electrons. The van der Waals surface area contributed by atoms with E-state index >= 15 is 0 Å². The highest BCUT2D eigenvalue weighted by Crippen LogP contribution is 2.40. The molecule has 2 nitrogen and oxygen atoms in total. The third-order valence-electron chi connectivity index (χ3n) is 3.05. The molecule has 0 bridgehead atoms. The Morgan fingerprint density at radius 1 is 0.941 bits per heavy atom. The molecule has 3 rings (SSSR count). The summed E-state index contributed by atoms with van der Waals surface area (Å²) >= 11 is 0. The standard InChI is InChI=1S/C15H14O2/c1-3-7-13(8-4-1)15(16-11-12-17-15)14-9-5-2-6-10-14/h1,3-5,7-12H,2,6H2. The van der Waals surface area contributed by atoms with Crippen LogP contribution in [0.15, 0.2) is 66.7 Å². The van der Waals surface area contributed by atoms with Crippen LogP contribution in [0.5, 0.6) is 0 Å². The highest BCUT2D eigenvalue weighted by atomic mass is 16.7. The highest BCUT2D eigenvalue weighted by molar-refractivity contribution is 5.39. The Balaban J connectivity index is 2.05. The second kappa shape index (κ2) is 4.13. The van der Waals surface area contributed by atoms with Crippen LogP contribution in [0, 0.1) is 0 Å². The number of hydrogen-bond donors (Lipinski definition) is 0. The van der Waals surface area contributed by atoms with Crippen LogP contribution in [-0.4, -0.2) is 0 Å². The number of benzene rings is 1. The number of ether oxygens (including phenoxy) is 2. The zero-order valence-corrected chi connectivity index (χ0v) is 9.50. The maximum absolute atomic E-state index is 5.74. The van der Waals surface area contributed by atoms with E-state index in [2.05, 4.69) is 18.2 Å². The highest BCUT2D eigenvalue weighted by Gasteiger charge is 2.41. The minimum atomic E-state index is -0.780. The van der Waals surface area contributed by atoms with Gasteiger partial charge in [-0.25, -0.2) is 0 Å². The minimum Gasteiger partial charge on any atom is -0.449 e. The second-order valence-corrected chi connectivity index (χ2v) is 4.13. The van der Waals surface area contributed by atoms with Crippen LogP contribution in [0.3, 0.4) is 0 Å². The number of hydrogen-bond acceptors (Lipinski definition) is 2. The molecule has 1 aromatic rings. The zero-order chi connectivity index (χ0) is 11.6. The zero-order valence-electron chi connectivity index (χ0n) is 9.50. The van der Waals surface area contributed by atoms with E-state index in [1.807, 2.05) is 30.3 Å². The summed E-state index contributed by atoms with van der Waals surface area (Å²) in [6.07, 6.45) is 11.8. The van der Waals surface area contributed by atoms with Gasteiger partial charge < -0.3 is 9.47 Å². The van der Waals surface area contributed by atoms with Gasteiger partial charge in [0, 0.05) is 11.1 Å². The first-order valence-electron chi connectivity index (χ1n) is 5.85. The molecule has 1 aromatic carbocycles. The van der Waals surface area contributed by atoms with E-state index in [0.29, 0.717) is 0 Å². The molecule has 0 fully saturated rings. The van der Waals surface area contributed by atoms with Crippen molar-refractivity contribution in [2.24, 2.45) is 0 Å². The summed E-state index contributed by atoms with van der Waals surface area (Å²) in [6, 6.07) is 10.0. The van der Waals surface area contributed by atoms with Crippen LogP contribution in [0.4, 0.5) is 0 Å². The molecule has 2 heteroatoms. The van der Waals surface area contributed by atoms with Gasteiger partial charge in [0.25, 0.3) is 0 Å². The molecular weight excluding hydrogens is 212 g/mol. The summed E-state index contributed by atoms with van der Waals surface area (Å²) in [4.78, 5) is 0. The molecule has 2 aliphatic rings. The van der Waals surface area contributed by atoms with Gasteiger partial charge in [-0.3, -0.25) is 0 Å². The normalized spacial score (nSPS) is 20.6. The molecule has 0 aromatic heterocycles. The lowest BCUT2D eigenvalue weighted by atomic mass is 9.93. The van der Waals surface area contributed by atoms with E-state index in [-0.39, 0.29) is 0 Å².